The molecule has 3 aromatic heterocycles. The van der Waals surface area contributed by atoms with Gasteiger partial charge in [-0.2, -0.15) is 0 Å². The summed E-state index contributed by atoms with van der Waals surface area (Å²) in [6.07, 6.45) is 1.49. The van der Waals surface area contributed by atoms with E-state index in [1.807, 2.05) is 57.2 Å². The first-order valence-electron chi connectivity index (χ1n) is 10.6. The summed E-state index contributed by atoms with van der Waals surface area (Å²) in [5.41, 5.74) is 4.20. The van der Waals surface area contributed by atoms with Crippen LogP contribution >= 0.6 is 11.3 Å². The topological polar surface area (TPSA) is 66.1 Å². The maximum Gasteiger partial charge on any atom is 0.263 e. The van der Waals surface area contributed by atoms with Crippen LogP contribution in [0.4, 0.5) is 0 Å². The number of fused-ring (bicyclic) bond motifs is 1. The third-order valence-electron chi connectivity index (χ3n) is 5.86. The fourth-order valence-electron chi connectivity index (χ4n) is 4.50. The Kier molecular flexibility index (Phi) is 6.13. The second-order valence-corrected chi connectivity index (χ2v) is 9.34. The zero-order valence-corrected chi connectivity index (χ0v) is 19.8. The smallest absolute Gasteiger partial charge is 0.263 e. The van der Waals surface area contributed by atoms with Crippen LogP contribution in [0.3, 0.4) is 0 Å². The molecule has 4 aromatic rings. The van der Waals surface area contributed by atoms with Crippen molar-refractivity contribution in [2.45, 2.75) is 40.3 Å². The Hall–Kier alpha value is -3.03. The number of carbonyl (C=O) groups excluding carboxylic acids is 1. The molecule has 0 unspecified atom stereocenters. The maximum atomic E-state index is 13.4. The van der Waals surface area contributed by atoms with E-state index >= 15 is 0 Å². The summed E-state index contributed by atoms with van der Waals surface area (Å²) < 4.78 is 8.81. The summed E-state index contributed by atoms with van der Waals surface area (Å²) in [6, 6.07) is 11.9. The van der Waals surface area contributed by atoms with Crippen molar-refractivity contribution in [3.63, 3.8) is 0 Å². The molecule has 3 heterocycles. The molecule has 1 atom stereocenters. The van der Waals surface area contributed by atoms with Gasteiger partial charge in [-0.15, -0.1) is 11.3 Å². The van der Waals surface area contributed by atoms with Crippen LogP contribution < -0.4 is 5.56 Å². The molecule has 0 aliphatic heterocycles. The lowest BCUT2D eigenvalue weighted by Gasteiger charge is -2.17. The van der Waals surface area contributed by atoms with Crippen LogP contribution in [0, 0.1) is 20.8 Å². The van der Waals surface area contributed by atoms with Crippen molar-refractivity contribution < 1.29 is 9.53 Å². The SMILES string of the molecule is COC[C@@H](C)n1c(C)cc(C(=O)Cn2cnc3sc(C)c(-c4ccccc4)c3c2=O)c1C. The van der Waals surface area contributed by atoms with Crippen molar-refractivity contribution in [3.8, 4) is 11.1 Å². The van der Waals surface area contributed by atoms with Crippen molar-refractivity contribution in [1.82, 2.24) is 14.1 Å². The van der Waals surface area contributed by atoms with Crippen molar-refractivity contribution in [3.05, 3.63) is 74.9 Å². The molecule has 4 rings (SSSR count). The minimum Gasteiger partial charge on any atom is -0.383 e. The molecular formula is C25H27N3O3S. The molecule has 32 heavy (non-hydrogen) atoms. The van der Waals surface area contributed by atoms with Crippen LogP contribution in [0.15, 0.2) is 47.5 Å². The Balaban J connectivity index is 1.73. The number of aromatic nitrogens is 3. The Morgan fingerprint density at radius 2 is 1.91 bits per heavy atom. The lowest BCUT2D eigenvalue weighted by atomic mass is 10.0. The number of rotatable bonds is 7. The highest BCUT2D eigenvalue weighted by atomic mass is 32.1. The monoisotopic (exact) mass is 449 g/mol. The first-order chi connectivity index (χ1) is 15.3. The van der Waals surface area contributed by atoms with Gasteiger partial charge in [-0.05, 0) is 39.3 Å². The quantitative estimate of drug-likeness (QED) is 0.375. The van der Waals surface area contributed by atoms with Crippen LogP contribution in [0.25, 0.3) is 21.3 Å². The number of ketones is 1. The highest BCUT2D eigenvalue weighted by Crippen LogP contribution is 2.35. The van der Waals surface area contributed by atoms with E-state index in [1.54, 1.807) is 7.11 Å². The van der Waals surface area contributed by atoms with Crippen LogP contribution in [-0.2, 0) is 11.3 Å². The van der Waals surface area contributed by atoms with Gasteiger partial charge < -0.3 is 9.30 Å². The summed E-state index contributed by atoms with van der Waals surface area (Å²) in [6.45, 7) is 8.49. The summed E-state index contributed by atoms with van der Waals surface area (Å²) in [5, 5.41) is 0.577. The average molecular weight is 450 g/mol. The second-order valence-electron chi connectivity index (χ2n) is 8.14. The number of hydrogen-bond acceptors (Lipinski definition) is 5. The highest BCUT2D eigenvalue weighted by molar-refractivity contribution is 7.19. The predicted molar refractivity (Wildman–Crippen MR) is 129 cm³/mol. The fourth-order valence-corrected chi connectivity index (χ4v) is 5.50. The van der Waals surface area contributed by atoms with Gasteiger partial charge in [-0.3, -0.25) is 14.2 Å². The average Bonchev–Trinajstić information content (AvgIpc) is 3.26. The van der Waals surface area contributed by atoms with Crippen molar-refractivity contribution in [2.75, 3.05) is 13.7 Å². The van der Waals surface area contributed by atoms with Gasteiger partial charge in [0.1, 0.15) is 4.83 Å². The summed E-state index contributed by atoms with van der Waals surface area (Å²) in [5.74, 6) is -0.106. The van der Waals surface area contributed by atoms with E-state index in [4.69, 9.17) is 4.74 Å². The molecule has 166 valence electrons. The van der Waals surface area contributed by atoms with Gasteiger partial charge in [0.05, 0.1) is 30.9 Å². The number of ether oxygens (including phenoxy) is 1. The third-order valence-corrected chi connectivity index (χ3v) is 6.88. The van der Waals surface area contributed by atoms with Gasteiger partial charge in [-0.1, -0.05) is 30.3 Å². The van der Waals surface area contributed by atoms with Crippen LogP contribution in [0.1, 0.15) is 39.6 Å². The largest absolute Gasteiger partial charge is 0.383 e. The minimum absolute atomic E-state index is 0.0478. The normalized spacial score (nSPS) is 12.4. The summed E-state index contributed by atoms with van der Waals surface area (Å²) >= 11 is 1.50. The Morgan fingerprint density at radius 3 is 2.59 bits per heavy atom. The zero-order chi connectivity index (χ0) is 23.0. The molecule has 0 radical (unpaired) electrons. The number of carbonyl (C=O) groups is 1. The van der Waals surface area contributed by atoms with E-state index in [-0.39, 0.29) is 23.9 Å². The molecule has 0 aliphatic rings. The van der Waals surface area contributed by atoms with E-state index in [9.17, 15) is 9.59 Å². The molecule has 1 aromatic carbocycles. The third kappa shape index (κ3) is 3.82. The van der Waals surface area contributed by atoms with Crippen molar-refractivity contribution in [1.29, 1.82) is 0 Å². The van der Waals surface area contributed by atoms with E-state index in [0.717, 1.165) is 27.4 Å². The van der Waals surface area contributed by atoms with Gasteiger partial charge in [0.15, 0.2) is 5.78 Å². The minimum atomic E-state index is -0.187. The molecule has 0 N–H and O–H groups in total. The lowest BCUT2D eigenvalue weighted by Crippen LogP contribution is -2.25. The predicted octanol–water partition coefficient (Wildman–Crippen LogP) is 4.94. The van der Waals surface area contributed by atoms with Crippen LogP contribution in [-0.4, -0.2) is 33.6 Å². The van der Waals surface area contributed by atoms with Crippen molar-refractivity contribution in [2.24, 2.45) is 0 Å². The van der Waals surface area contributed by atoms with Gasteiger partial charge in [0, 0.05) is 34.5 Å². The van der Waals surface area contributed by atoms with E-state index in [0.29, 0.717) is 22.4 Å². The highest BCUT2D eigenvalue weighted by Gasteiger charge is 2.21. The van der Waals surface area contributed by atoms with Crippen LogP contribution in [0.5, 0.6) is 0 Å². The number of hydrogen-bond donors (Lipinski definition) is 0. The molecule has 0 fully saturated rings. The van der Waals surface area contributed by atoms with Crippen LogP contribution in [0.2, 0.25) is 0 Å². The molecule has 0 saturated heterocycles. The fraction of sp³-hybridized carbons (Fsp3) is 0.320. The Labute approximate surface area is 191 Å². The lowest BCUT2D eigenvalue weighted by molar-refractivity contribution is 0.0969. The first kappa shape index (κ1) is 22.2. The van der Waals surface area contributed by atoms with Gasteiger partial charge in [0.25, 0.3) is 5.56 Å². The maximum absolute atomic E-state index is 13.4. The molecule has 6 nitrogen and oxygen atoms in total. The number of methoxy groups -OCH3 is 1. The Bertz CT molecular complexity index is 1350. The molecule has 0 amide bonds. The number of thiophene rings is 1. The van der Waals surface area contributed by atoms with E-state index in [1.165, 1.54) is 22.2 Å². The molecule has 0 aliphatic carbocycles. The van der Waals surface area contributed by atoms with Crippen molar-refractivity contribution >= 4 is 27.3 Å². The number of aryl methyl sites for hydroxylation is 2. The Morgan fingerprint density at radius 1 is 1.19 bits per heavy atom. The molecule has 0 saturated carbocycles. The first-order valence-corrected chi connectivity index (χ1v) is 11.4. The summed E-state index contributed by atoms with van der Waals surface area (Å²) in [4.78, 5) is 32.8. The van der Waals surface area contributed by atoms with Gasteiger partial charge in [0.2, 0.25) is 0 Å². The molecule has 7 heteroatoms. The van der Waals surface area contributed by atoms with Gasteiger partial charge in [-0.25, -0.2) is 4.98 Å². The second kappa shape index (κ2) is 8.84. The molecule has 0 spiro atoms. The van der Waals surface area contributed by atoms with Gasteiger partial charge >= 0.3 is 0 Å². The number of nitrogens with zero attached hydrogens (tertiary/aromatic N) is 3. The van der Waals surface area contributed by atoms with E-state index in [2.05, 4.69) is 16.5 Å². The standard InChI is InChI=1S/C25H27N3O3S/c1-15-11-20(17(3)28(15)16(2)13-31-5)21(29)12-27-14-26-24-23(25(27)30)22(18(4)32-24)19-9-7-6-8-10-19/h6-11,14,16H,12-13H2,1-5H3/t16-/m1/s1. The molecule has 0 bridgehead atoms. The summed E-state index contributed by atoms with van der Waals surface area (Å²) in [7, 11) is 1.67. The zero-order valence-electron chi connectivity index (χ0n) is 19.0. The number of benzene rings is 1. The van der Waals surface area contributed by atoms with E-state index < -0.39 is 0 Å². The molecular weight excluding hydrogens is 422 g/mol. The number of Topliss-reactive ketones (excluding diaryl/α,β-unsaturated/α-hetero) is 1.